The molecule has 234 valence electrons. The van der Waals surface area contributed by atoms with Gasteiger partial charge in [0, 0.05) is 18.7 Å². The summed E-state index contributed by atoms with van der Waals surface area (Å²) in [5, 5.41) is 2.94. The third kappa shape index (κ3) is 13.2. The van der Waals surface area contributed by atoms with Gasteiger partial charge in [-0.25, -0.2) is 5.43 Å². The zero-order chi connectivity index (χ0) is 31.7. The Kier molecular flexibility index (Phi) is 15.8. The average Bonchev–Trinajstić information content (AvgIpc) is 3.01. The van der Waals surface area contributed by atoms with E-state index in [0.717, 1.165) is 43.0 Å². The number of nitrogens with one attached hydrogen (secondary N) is 3. The van der Waals surface area contributed by atoms with Crippen molar-refractivity contribution in [1.29, 1.82) is 0 Å². The van der Waals surface area contributed by atoms with E-state index in [2.05, 4.69) is 102 Å². The molecule has 3 rings (SSSR count). The Morgan fingerprint density at radius 1 is 0.860 bits per heavy atom. The highest BCUT2D eigenvalue weighted by Gasteiger charge is 2.26. The molecule has 0 aliphatic carbocycles. The second-order valence-corrected chi connectivity index (χ2v) is 12.0. The maximum atomic E-state index is 12.3. The molecule has 0 bridgehead atoms. The van der Waals surface area contributed by atoms with Crippen molar-refractivity contribution in [3.05, 3.63) is 107 Å². The van der Waals surface area contributed by atoms with Gasteiger partial charge in [-0.15, -0.1) is 0 Å². The predicted octanol–water partition coefficient (Wildman–Crippen LogP) is 9.26. The Morgan fingerprint density at radius 2 is 1.47 bits per heavy atom. The number of para-hydroxylation sites is 1. The summed E-state index contributed by atoms with van der Waals surface area (Å²) in [5.41, 5.74) is 11.5. The van der Waals surface area contributed by atoms with Crippen molar-refractivity contribution in [3.8, 4) is 11.5 Å². The number of amides is 1. The maximum Gasteiger partial charge on any atom is 0.251 e. The Labute approximate surface area is 261 Å². The zero-order valence-corrected chi connectivity index (χ0v) is 27.8. The van der Waals surface area contributed by atoms with Gasteiger partial charge in [0.15, 0.2) is 0 Å². The molecule has 5 nitrogen and oxygen atoms in total. The number of aryl methyl sites for hydroxylation is 1. The van der Waals surface area contributed by atoms with Crippen LogP contribution in [0.1, 0.15) is 96.1 Å². The highest BCUT2D eigenvalue weighted by Crippen LogP contribution is 2.25. The number of hydrogen-bond donors (Lipinski definition) is 3. The van der Waals surface area contributed by atoms with Crippen LogP contribution >= 0.6 is 0 Å². The average molecular weight is 586 g/mol. The summed E-state index contributed by atoms with van der Waals surface area (Å²) >= 11 is 0. The molecule has 3 aromatic carbocycles. The number of ether oxygens (including phenoxy) is 1. The summed E-state index contributed by atoms with van der Waals surface area (Å²) in [4.78, 5) is 12.3. The summed E-state index contributed by atoms with van der Waals surface area (Å²) in [7, 11) is 0. The molecular formula is C38H55N3O2. The number of rotatable bonds is 15. The van der Waals surface area contributed by atoms with Gasteiger partial charge in [0.2, 0.25) is 0 Å². The first kappa shape index (κ1) is 35.8. The van der Waals surface area contributed by atoms with Crippen LogP contribution in [0.5, 0.6) is 11.5 Å². The van der Waals surface area contributed by atoms with Crippen LogP contribution in [-0.2, 0) is 13.0 Å². The van der Waals surface area contributed by atoms with Crippen molar-refractivity contribution < 1.29 is 9.53 Å². The van der Waals surface area contributed by atoms with E-state index >= 15 is 0 Å². The highest BCUT2D eigenvalue weighted by molar-refractivity contribution is 5.94. The van der Waals surface area contributed by atoms with E-state index in [4.69, 9.17) is 4.74 Å². The monoisotopic (exact) mass is 585 g/mol. The van der Waals surface area contributed by atoms with Crippen LogP contribution in [0.4, 0.5) is 0 Å². The molecule has 0 radical (unpaired) electrons. The lowest BCUT2D eigenvalue weighted by Gasteiger charge is -2.34. The molecule has 0 spiro atoms. The minimum atomic E-state index is -0.0918. The van der Waals surface area contributed by atoms with E-state index in [1.807, 2.05) is 30.3 Å². The molecule has 2 unspecified atom stereocenters. The maximum absolute atomic E-state index is 12.3. The lowest BCUT2D eigenvalue weighted by molar-refractivity contribution is 0.0951. The van der Waals surface area contributed by atoms with Crippen molar-refractivity contribution in [2.45, 2.75) is 93.2 Å². The number of carbonyl (C=O) groups excluding carboxylic acids is 1. The summed E-state index contributed by atoms with van der Waals surface area (Å²) in [6, 6.07) is 25.0. The molecule has 3 aromatic rings. The molecule has 0 heterocycles. The third-order valence-corrected chi connectivity index (χ3v) is 7.69. The van der Waals surface area contributed by atoms with E-state index in [9.17, 15) is 4.79 Å². The SMILES string of the molecule is CC/C=C(\C)C(C)(CC(C)C)NNCC(C)CC.CCc1ccc(CNC(=O)c2ccc(Oc3ccccc3)cc2)cc1. The van der Waals surface area contributed by atoms with Crippen LogP contribution in [0.25, 0.3) is 0 Å². The predicted molar refractivity (Wildman–Crippen MR) is 182 cm³/mol. The van der Waals surface area contributed by atoms with Gasteiger partial charge in [0.05, 0.1) is 5.54 Å². The fraction of sp³-hybridized carbons (Fsp3) is 0.447. The summed E-state index contributed by atoms with van der Waals surface area (Å²) in [5.74, 6) is 2.79. The third-order valence-electron chi connectivity index (χ3n) is 7.69. The van der Waals surface area contributed by atoms with Gasteiger partial charge in [0.25, 0.3) is 5.91 Å². The fourth-order valence-corrected chi connectivity index (χ4v) is 4.70. The van der Waals surface area contributed by atoms with Crippen LogP contribution in [0.2, 0.25) is 0 Å². The van der Waals surface area contributed by atoms with Gasteiger partial charge in [-0.3, -0.25) is 10.2 Å². The van der Waals surface area contributed by atoms with E-state index in [1.165, 1.54) is 17.6 Å². The number of hydrogen-bond acceptors (Lipinski definition) is 4. The first-order valence-corrected chi connectivity index (χ1v) is 16.0. The molecular weight excluding hydrogens is 530 g/mol. The van der Waals surface area contributed by atoms with Gasteiger partial charge in [-0.05, 0) is 92.5 Å². The molecule has 0 fully saturated rings. The van der Waals surface area contributed by atoms with Crippen molar-refractivity contribution >= 4 is 5.91 Å². The first-order chi connectivity index (χ1) is 20.6. The van der Waals surface area contributed by atoms with E-state index in [-0.39, 0.29) is 11.4 Å². The molecule has 43 heavy (non-hydrogen) atoms. The molecule has 1 amide bonds. The smallest absolute Gasteiger partial charge is 0.251 e. The van der Waals surface area contributed by atoms with Gasteiger partial charge in [0.1, 0.15) is 11.5 Å². The van der Waals surface area contributed by atoms with Crippen LogP contribution in [-0.4, -0.2) is 18.0 Å². The topological polar surface area (TPSA) is 62.4 Å². The quantitative estimate of drug-likeness (QED) is 0.123. The Hall–Kier alpha value is -3.41. The Morgan fingerprint density at radius 3 is 2.02 bits per heavy atom. The lowest BCUT2D eigenvalue weighted by Crippen LogP contribution is -2.52. The number of allylic oxidation sites excluding steroid dienone is 1. The molecule has 3 N–H and O–H groups in total. The van der Waals surface area contributed by atoms with Crippen molar-refractivity contribution in [2.24, 2.45) is 11.8 Å². The largest absolute Gasteiger partial charge is 0.457 e. The molecule has 0 saturated heterocycles. The van der Waals surface area contributed by atoms with Gasteiger partial charge in [-0.1, -0.05) is 102 Å². The van der Waals surface area contributed by atoms with E-state index in [1.54, 1.807) is 24.3 Å². The fourth-order valence-electron chi connectivity index (χ4n) is 4.70. The lowest BCUT2D eigenvalue weighted by atomic mass is 9.84. The molecule has 0 aromatic heterocycles. The van der Waals surface area contributed by atoms with E-state index < -0.39 is 0 Å². The Balaban J connectivity index is 0.000000320. The second kappa shape index (κ2) is 19.0. The second-order valence-electron chi connectivity index (χ2n) is 12.0. The van der Waals surface area contributed by atoms with Crippen LogP contribution < -0.4 is 20.9 Å². The highest BCUT2D eigenvalue weighted by atomic mass is 16.5. The number of benzene rings is 3. The van der Waals surface area contributed by atoms with Crippen LogP contribution in [0, 0.1) is 11.8 Å². The number of hydrazine groups is 1. The van der Waals surface area contributed by atoms with Crippen LogP contribution in [0.3, 0.4) is 0 Å². The van der Waals surface area contributed by atoms with Crippen molar-refractivity contribution in [1.82, 2.24) is 16.2 Å². The normalized spacial score (nSPS) is 13.5. The number of carbonyl (C=O) groups is 1. The van der Waals surface area contributed by atoms with E-state index in [0.29, 0.717) is 23.8 Å². The molecule has 0 aliphatic rings. The molecule has 0 aliphatic heterocycles. The minimum Gasteiger partial charge on any atom is -0.457 e. The van der Waals surface area contributed by atoms with Crippen molar-refractivity contribution in [3.63, 3.8) is 0 Å². The zero-order valence-electron chi connectivity index (χ0n) is 27.8. The van der Waals surface area contributed by atoms with Gasteiger partial charge in [-0.2, -0.15) is 0 Å². The molecule has 0 saturated carbocycles. The Bertz CT molecular complexity index is 1220. The first-order valence-electron chi connectivity index (χ1n) is 16.0. The minimum absolute atomic E-state index is 0.0671. The summed E-state index contributed by atoms with van der Waals surface area (Å²) in [6.07, 6.45) is 6.83. The standard InChI is InChI=1S/C22H21NO2.C16H34N2/c1-2-17-8-10-18(11-9-17)16-23-22(24)19-12-14-21(15-13-19)25-20-6-4-3-5-7-20;1-8-10-15(6)16(7,11-13(3)4)18-17-12-14(5)9-2/h3-15H,2,16H2,1H3,(H,23,24);10,13-14,17-18H,8-9,11-12H2,1-7H3/b;15-10+. The van der Waals surface area contributed by atoms with Crippen LogP contribution in [0.15, 0.2) is 90.5 Å². The molecule has 5 heteroatoms. The summed E-state index contributed by atoms with van der Waals surface area (Å²) in [6.45, 7) is 19.5. The van der Waals surface area contributed by atoms with Gasteiger partial charge < -0.3 is 10.1 Å². The molecule has 2 atom stereocenters. The van der Waals surface area contributed by atoms with Crippen molar-refractivity contribution in [2.75, 3.05) is 6.54 Å². The van der Waals surface area contributed by atoms with Gasteiger partial charge >= 0.3 is 0 Å². The summed E-state index contributed by atoms with van der Waals surface area (Å²) < 4.78 is 5.73.